The van der Waals surface area contributed by atoms with Gasteiger partial charge in [0.15, 0.2) is 0 Å². The Hall–Kier alpha value is -2.53. The monoisotopic (exact) mass is 456 g/mol. The van der Waals surface area contributed by atoms with Crippen LogP contribution in [0, 0.1) is 0 Å². The minimum absolute atomic E-state index is 0.110. The van der Waals surface area contributed by atoms with Crippen LogP contribution in [0.15, 0.2) is 42.5 Å². The standard InChI is InChI=1S/C26H33ClN2O3/c1-3-8-21(22-17-20(27)13-14-23(22)29-15-6-5-7-16-29)24(25(28)30)18-9-11-19(12-10-18)26(31)32-4-2/h9-14,17,21,24H,3-8,15-16H2,1-2H3,(H2,28,30). The van der Waals surface area contributed by atoms with Gasteiger partial charge in [-0.1, -0.05) is 37.1 Å². The van der Waals surface area contributed by atoms with Crippen LogP contribution in [0.2, 0.25) is 5.02 Å². The van der Waals surface area contributed by atoms with E-state index in [-0.39, 0.29) is 17.8 Å². The number of anilines is 1. The first kappa shape index (κ1) is 24.1. The molecule has 1 aliphatic rings. The lowest BCUT2D eigenvalue weighted by Gasteiger charge is -2.34. The summed E-state index contributed by atoms with van der Waals surface area (Å²) >= 11 is 6.43. The van der Waals surface area contributed by atoms with E-state index in [4.69, 9.17) is 22.1 Å². The molecule has 3 rings (SSSR count). The van der Waals surface area contributed by atoms with Crippen molar-refractivity contribution < 1.29 is 14.3 Å². The maximum absolute atomic E-state index is 12.8. The Kier molecular flexibility index (Phi) is 8.57. The Morgan fingerprint density at radius 2 is 1.75 bits per heavy atom. The lowest BCUT2D eigenvalue weighted by molar-refractivity contribution is -0.120. The maximum Gasteiger partial charge on any atom is 0.338 e. The average Bonchev–Trinajstić information content (AvgIpc) is 2.79. The number of carbonyl (C=O) groups is 2. The minimum Gasteiger partial charge on any atom is -0.462 e. The summed E-state index contributed by atoms with van der Waals surface area (Å²) in [6, 6.07) is 13.0. The van der Waals surface area contributed by atoms with Gasteiger partial charge in [-0.05, 0) is 74.1 Å². The first-order valence-electron chi connectivity index (χ1n) is 11.6. The second-order valence-electron chi connectivity index (χ2n) is 8.37. The van der Waals surface area contributed by atoms with Crippen LogP contribution in [0.3, 0.4) is 0 Å². The summed E-state index contributed by atoms with van der Waals surface area (Å²) in [6.07, 6.45) is 5.27. The number of hydrogen-bond acceptors (Lipinski definition) is 4. The van der Waals surface area contributed by atoms with Crippen LogP contribution in [0.4, 0.5) is 5.69 Å². The highest BCUT2D eigenvalue weighted by atomic mass is 35.5. The van der Waals surface area contributed by atoms with Gasteiger partial charge in [0.2, 0.25) is 5.91 Å². The molecule has 2 aromatic rings. The first-order chi connectivity index (χ1) is 15.5. The summed E-state index contributed by atoms with van der Waals surface area (Å²) in [5.41, 5.74) is 9.44. The van der Waals surface area contributed by atoms with Crippen LogP contribution >= 0.6 is 11.6 Å². The topological polar surface area (TPSA) is 72.6 Å². The molecule has 1 heterocycles. The predicted molar refractivity (Wildman–Crippen MR) is 129 cm³/mol. The molecule has 1 aliphatic heterocycles. The molecule has 6 heteroatoms. The van der Waals surface area contributed by atoms with Gasteiger partial charge in [-0.2, -0.15) is 0 Å². The zero-order valence-corrected chi connectivity index (χ0v) is 19.7. The van der Waals surface area contributed by atoms with Gasteiger partial charge in [-0.3, -0.25) is 4.79 Å². The normalized spacial score (nSPS) is 15.8. The van der Waals surface area contributed by atoms with E-state index >= 15 is 0 Å². The third-order valence-electron chi connectivity index (χ3n) is 6.18. The molecule has 1 fully saturated rings. The van der Waals surface area contributed by atoms with E-state index in [1.54, 1.807) is 19.1 Å². The molecule has 0 spiro atoms. The quantitative estimate of drug-likeness (QED) is 0.494. The van der Waals surface area contributed by atoms with Gasteiger partial charge in [0.25, 0.3) is 0 Å². The van der Waals surface area contributed by atoms with E-state index in [1.807, 2.05) is 24.3 Å². The van der Waals surface area contributed by atoms with Crippen molar-refractivity contribution in [2.24, 2.45) is 5.73 Å². The number of benzene rings is 2. The number of esters is 1. The molecule has 32 heavy (non-hydrogen) atoms. The Morgan fingerprint density at radius 1 is 1.06 bits per heavy atom. The number of rotatable bonds is 9. The number of piperidine rings is 1. The highest BCUT2D eigenvalue weighted by molar-refractivity contribution is 6.30. The molecule has 1 saturated heterocycles. The SMILES string of the molecule is CCCC(c1cc(Cl)ccc1N1CCCCC1)C(C(N)=O)c1ccc(C(=O)OCC)cc1. The second-order valence-corrected chi connectivity index (χ2v) is 8.80. The van der Waals surface area contributed by atoms with Crippen molar-refractivity contribution in [3.05, 3.63) is 64.2 Å². The number of ether oxygens (including phenoxy) is 1. The van der Waals surface area contributed by atoms with E-state index in [9.17, 15) is 9.59 Å². The molecule has 2 atom stereocenters. The van der Waals surface area contributed by atoms with Gasteiger partial charge in [0.1, 0.15) is 0 Å². The van der Waals surface area contributed by atoms with Crippen molar-refractivity contribution in [1.82, 2.24) is 0 Å². The van der Waals surface area contributed by atoms with Gasteiger partial charge >= 0.3 is 5.97 Å². The van der Waals surface area contributed by atoms with Crippen LogP contribution in [-0.4, -0.2) is 31.6 Å². The smallest absolute Gasteiger partial charge is 0.338 e. The molecule has 5 nitrogen and oxygen atoms in total. The van der Waals surface area contributed by atoms with Gasteiger partial charge < -0.3 is 15.4 Å². The zero-order valence-electron chi connectivity index (χ0n) is 19.0. The number of nitrogens with two attached hydrogens (primary N) is 1. The van der Waals surface area contributed by atoms with Crippen LogP contribution in [0.5, 0.6) is 0 Å². The van der Waals surface area contributed by atoms with Crippen LogP contribution < -0.4 is 10.6 Å². The van der Waals surface area contributed by atoms with E-state index in [0.717, 1.165) is 55.6 Å². The summed E-state index contributed by atoms with van der Waals surface area (Å²) in [7, 11) is 0. The lowest BCUT2D eigenvalue weighted by atomic mass is 9.77. The van der Waals surface area contributed by atoms with Gasteiger partial charge in [0, 0.05) is 29.7 Å². The second kappa shape index (κ2) is 11.4. The molecular weight excluding hydrogens is 424 g/mol. The molecule has 0 aliphatic carbocycles. The van der Waals surface area contributed by atoms with Crippen molar-refractivity contribution in [1.29, 1.82) is 0 Å². The third-order valence-corrected chi connectivity index (χ3v) is 6.41. The zero-order chi connectivity index (χ0) is 23.1. The Bertz CT molecular complexity index is 923. The molecule has 0 radical (unpaired) electrons. The molecule has 2 aromatic carbocycles. The van der Waals surface area contributed by atoms with Crippen molar-refractivity contribution in [2.45, 2.75) is 57.8 Å². The Balaban J connectivity index is 2.02. The van der Waals surface area contributed by atoms with E-state index in [2.05, 4.69) is 17.9 Å². The lowest BCUT2D eigenvalue weighted by Crippen LogP contribution is -2.32. The van der Waals surface area contributed by atoms with Crippen LogP contribution in [-0.2, 0) is 9.53 Å². The molecule has 0 bridgehead atoms. The van der Waals surface area contributed by atoms with E-state index in [0.29, 0.717) is 17.2 Å². The van der Waals surface area contributed by atoms with Crippen molar-refractivity contribution in [3.8, 4) is 0 Å². The summed E-state index contributed by atoms with van der Waals surface area (Å²) in [5, 5.41) is 0.655. The number of carbonyl (C=O) groups excluding carboxylic acids is 2. The van der Waals surface area contributed by atoms with Crippen LogP contribution in [0.1, 0.15) is 79.3 Å². The molecule has 0 aromatic heterocycles. The largest absolute Gasteiger partial charge is 0.462 e. The average molecular weight is 457 g/mol. The summed E-state index contributed by atoms with van der Waals surface area (Å²) < 4.78 is 5.08. The number of hydrogen-bond donors (Lipinski definition) is 1. The number of nitrogens with zero attached hydrogens (tertiary/aromatic N) is 1. The van der Waals surface area contributed by atoms with Crippen LogP contribution in [0.25, 0.3) is 0 Å². The summed E-state index contributed by atoms with van der Waals surface area (Å²) in [6.45, 7) is 6.21. The van der Waals surface area contributed by atoms with Crippen molar-refractivity contribution in [3.63, 3.8) is 0 Å². The maximum atomic E-state index is 12.8. The molecular formula is C26H33ClN2O3. The fourth-order valence-electron chi connectivity index (χ4n) is 4.69. The summed E-state index contributed by atoms with van der Waals surface area (Å²) in [5.74, 6) is -1.38. The van der Waals surface area contributed by atoms with Crippen molar-refractivity contribution in [2.75, 3.05) is 24.6 Å². The first-order valence-corrected chi connectivity index (χ1v) is 11.9. The van der Waals surface area contributed by atoms with Gasteiger partial charge in [-0.25, -0.2) is 4.79 Å². The van der Waals surface area contributed by atoms with Crippen molar-refractivity contribution >= 4 is 29.2 Å². The summed E-state index contributed by atoms with van der Waals surface area (Å²) in [4.78, 5) is 27.2. The van der Waals surface area contributed by atoms with E-state index in [1.165, 1.54) is 6.42 Å². The minimum atomic E-state index is -0.520. The molecule has 1 amide bonds. The Labute approximate surface area is 195 Å². The number of halogens is 1. The molecule has 2 unspecified atom stereocenters. The highest BCUT2D eigenvalue weighted by Crippen LogP contribution is 2.42. The number of primary amides is 1. The molecule has 172 valence electrons. The highest BCUT2D eigenvalue weighted by Gasteiger charge is 2.32. The molecule has 0 saturated carbocycles. The van der Waals surface area contributed by atoms with E-state index < -0.39 is 5.92 Å². The molecule has 2 N–H and O–H groups in total. The predicted octanol–water partition coefficient (Wildman–Crippen LogP) is 5.66. The van der Waals surface area contributed by atoms with Gasteiger partial charge in [0.05, 0.1) is 18.1 Å². The number of amides is 1. The fourth-order valence-corrected chi connectivity index (χ4v) is 4.87. The fraction of sp³-hybridized carbons (Fsp3) is 0.462. The van der Waals surface area contributed by atoms with Gasteiger partial charge in [-0.15, -0.1) is 0 Å². The third kappa shape index (κ3) is 5.63. The Morgan fingerprint density at radius 3 is 2.34 bits per heavy atom.